The van der Waals surface area contributed by atoms with E-state index in [0.29, 0.717) is 12.2 Å². The van der Waals surface area contributed by atoms with Crippen molar-refractivity contribution in [3.63, 3.8) is 0 Å². The van der Waals surface area contributed by atoms with Crippen molar-refractivity contribution in [1.82, 2.24) is 19.7 Å². The standard InChI is InChI=1S/C15H16N4OS/c1-3-11-4-6-12(7-5-11)19-13(17-18-15(19)20)8-14-16-10(2)9-21-14/h4-7,9H,3,8H2,1-2H3,(H,18,20). The summed E-state index contributed by atoms with van der Waals surface area (Å²) in [5, 5.41) is 9.61. The predicted octanol–water partition coefficient (Wildman–Crippen LogP) is 2.48. The second kappa shape index (κ2) is 5.65. The Morgan fingerprint density at radius 1 is 1.29 bits per heavy atom. The van der Waals surface area contributed by atoms with Gasteiger partial charge in [-0.15, -0.1) is 11.3 Å². The van der Waals surface area contributed by atoms with Gasteiger partial charge < -0.3 is 0 Å². The summed E-state index contributed by atoms with van der Waals surface area (Å²) in [6.07, 6.45) is 1.53. The van der Waals surface area contributed by atoms with E-state index < -0.39 is 0 Å². The summed E-state index contributed by atoms with van der Waals surface area (Å²) in [6.45, 7) is 4.07. The Kier molecular flexibility index (Phi) is 3.70. The molecule has 0 radical (unpaired) electrons. The predicted molar refractivity (Wildman–Crippen MR) is 83.2 cm³/mol. The van der Waals surface area contributed by atoms with Crippen LogP contribution in [-0.4, -0.2) is 19.7 Å². The Hall–Kier alpha value is -2.21. The largest absolute Gasteiger partial charge is 0.347 e. The highest BCUT2D eigenvalue weighted by molar-refractivity contribution is 7.09. The number of rotatable bonds is 4. The van der Waals surface area contributed by atoms with Crippen LogP contribution in [0.4, 0.5) is 0 Å². The zero-order valence-corrected chi connectivity index (χ0v) is 12.8. The van der Waals surface area contributed by atoms with Crippen molar-refractivity contribution in [3.8, 4) is 5.69 Å². The zero-order valence-electron chi connectivity index (χ0n) is 12.0. The molecule has 21 heavy (non-hydrogen) atoms. The third-order valence-corrected chi connectivity index (χ3v) is 4.29. The van der Waals surface area contributed by atoms with Crippen molar-refractivity contribution in [2.24, 2.45) is 0 Å². The van der Waals surface area contributed by atoms with Crippen LogP contribution in [0.2, 0.25) is 0 Å². The lowest BCUT2D eigenvalue weighted by molar-refractivity contribution is 0.884. The van der Waals surface area contributed by atoms with Gasteiger partial charge in [0.1, 0.15) is 10.8 Å². The molecule has 0 saturated heterocycles. The van der Waals surface area contributed by atoms with Gasteiger partial charge in [0.15, 0.2) is 0 Å². The van der Waals surface area contributed by atoms with Gasteiger partial charge in [-0.3, -0.25) is 0 Å². The Balaban J connectivity index is 1.98. The van der Waals surface area contributed by atoms with Crippen LogP contribution in [0.5, 0.6) is 0 Å². The number of hydrogen-bond acceptors (Lipinski definition) is 4. The maximum absolute atomic E-state index is 12.0. The lowest BCUT2D eigenvalue weighted by Crippen LogP contribution is -2.17. The monoisotopic (exact) mass is 300 g/mol. The lowest BCUT2D eigenvalue weighted by Gasteiger charge is -2.05. The topological polar surface area (TPSA) is 63.6 Å². The fourth-order valence-corrected chi connectivity index (χ4v) is 2.98. The van der Waals surface area contributed by atoms with Crippen molar-refractivity contribution < 1.29 is 0 Å². The van der Waals surface area contributed by atoms with Crippen LogP contribution < -0.4 is 5.69 Å². The van der Waals surface area contributed by atoms with Crippen LogP contribution in [0.3, 0.4) is 0 Å². The zero-order chi connectivity index (χ0) is 14.8. The number of aryl methyl sites for hydroxylation is 2. The molecule has 2 heterocycles. The number of thiazole rings is 1. The number of nitrogens with zero attached hydrogens (tertiary/aromatic N) is 3. The molecule has 0 spiro atoms. The van der Waals surface area contributed by atoms with E-state index in [1.165, 1.54) is 5.56 Å². The summed E-state index contributed by atoms with van der Waals surface area (Å²) in [6, 6.07) is 7.97. The molecule has 0 amide bonds. The number of aromatic amines is 1. The number of H-pyrrole nitrogens is 1. The SMILES string of the molecule is CCc1ccc(-n2c(Cc3nc(C)cs3)n[nH]c2=O)cc1. The number of hydrogen-bond donors (Lipinski definition) is 1. The van der Waals surface area contributed by atoms with E-state index in [1.807, 2.05) is 36.6 Å². The highest BCUT2D eigenvalue weighted by atomic mass is 32.1. The molecule has 0 aliphatic rings. The van der Waals surface area contributed by atoms with E-state index in [4.69, 9.17) is 0 Å². The molecule has 1 N–H and O–H groups in total. The highest BCUT2D eigenvalue weighted by Gasteiger charge is 2.12. The minimum absolute atomic E-state index is 0.220. The van der Waals surface area contributed by atoms with E-state index in [9.17, 15) is 4.79 Å². The van der Waals surface area contributed by atoms with Gasteiger partial charge in [-0.1, -0.05) is 19.1 Å². The third-order valence-electron chi connectivity index (χ3n) is 3.32. The van der Waals surface area contributed by atoms with Crippen LogP contribution in [-0.2, 0) is 12.8 Å². The lowest BCUT2D eigenvalue weighted by atomic mass is 10.1. The molecule has 0 bridgehead atoms. The molecule has 5 nitrogen and oxygen atoms in total. The number of nitrogens with one attached hydrogen (secondary N) is 1. The molecule has 2 aromatic heterocycles. The van der Waals surface area contributed by atoms with Crippen molar-refractivity contribution in [2.75, 3.05) is 0 Å². The Bertz CT molecular complexity index is 798. The van der Waals surface area contributed by atoms with Gasteiger partial charge in [0.2, 0.25) is 0 Å². The first kappa shape index (κ1) is 13.8. The van der Waals surface area contributed by atoms with Crippen LogP contribution in [0.15, 0.2) is 34.4 Å². The molecule has 0 unspecified atom stereocenters. The van der Waals surface area contributed by atoms with Crippen molar-refractivity contribution in [3.05, 3.63) is 62.2 Å². The average Bonchev–Trinajstić information content (AvgIpc) is 3.06. The van der Waals surface area contributed by atoms with Gasteiger partial charge in [0, 0.05) is 11.1 Å². The summed E-state index contributed by atoms with van der Waals surface area (Å²) in [5.74, 6) is 0.679. The minimum atomic E-state index is -0.220. The molecule has 3 aromatic rings. The van der Waals surface area contributed by atoms with E-state index >= 15 is 0 Å². The van der Waals surface area contributed by atoms with Gasteiger partial charge in [-0.2, -0.15) is 5.10 Å². The molecule has 108 valence electrons. The number of benzene rings is 1. The maximum Gasteiger partial charge on any atom is 0.347 e. The maximum atomic E-state index is 12.0. The van der Waals surface area contributed by atoms with E-state index in [2.05, 4.69) is 22.1 Å². The molecule has 3 rings (SSSR count). The summed E-state index contributed by atoms with van der Waals surface area (Å²) < 4.78 is 1.61. The summed E-state index contributed by atoms with van der Waals surface area (Å²) in [5.41, 5.74) is 2.84. The smallest absolute Gasteiger partial charge is 0.247 e. The molecular formula is C15H16N4OS. The van der Waals surface area contributed by atoms with Crippen LogP contribution >= 0.6 is 11.3 Å². The molecule has 0 saturated carbocycles. The van der Waals surface area contributed by atoms with Crippen molar-refractivity contribution in [1.29, 1.82) is 0 Å². The molecule has 0 aliphatic heterocycles. The van der Waals surface area contributed by atoms with Crippen molar-refractivity contribution in [2.45, 2.75) is 26.7 Å². The van der Waals surface area contributed by atoms with Gasteiger partial charge in [-0.05, 0) is 31.0 Å². The first-order valence-electron chi connectivity index (χ1n) is 6.84. The van der Waals surface area contributed by atoms with E-state index in [1.54, 1.807) is 15.9 Å². The summed E-state index contributed by atoms with van der Waals surface area (Å²) >= 11 is 1.58. The van der Waals surface area contributed by atoms with Gasteiger partial charge in [-0.25, -0.2) is 19.4 Å². The molecule has 0 fully saturated rings. The quantitative estimate of drug-likeness (QED) is 0.805. The van der Waals surface area contributed by atoms with Crippen LogP contribution in [0.25, 0.3) is 5.69 Å². The second-order valence-corrected chi connectivity index (χ2v) is 5.80. The Morgan fingerprint density at radius 3 is 2.67 bits per heavy atom. The summed E-state index contributed by atoms with van der Waals surface area (Å²) in [4.78, 5) is 16.4. The first-order chi connectivity index (χ1) is 10.2. The Morgan fingerprint density at radius 2 is 2.05 bits per heavy atom. The van der Waals surface area contributed by atoms with Gasteiger partial charge in [0.25, 0.3) is 0 Å². The fourth-order valence-electron chi connectivity index (χ4n) is 2.21. The van der Waals surface area contributed by atoms with Crippen molar-refractivity contribution >= 4 is 11.3 Å². The van der Waals surface area contributed by atoms with E-state index in [-0.39, 0.29) is 5.69 Å². The molecular weight excluding hydrogens is 284 g/mol. The first-order valence-corrected chi connectivity index (χ1v) is 7.72. The molecule has 0 aliphatic carbocycles. The van der Waals surface area contributed by atoms with Crippen LogP contribution in [0, 0.1) is 6.92 Å². The van der Waals surface area contributed by atoms with Crippen LogP contribution in [0.1, 0.15) is 29.0 Å². The third kappa shape index (κ3) is 2.80. The van der Waals surface area contributed by atoms with Gasteiger partial charge >= 0.3 is 5.69 Å². The average molecular weight is 300 g/mol. The molecule has 0 atom stereocenters. The Labute approximate surface area is 126 Å². The number of aromatic nitrogens is 4. The minimum Gasteiger partial charge on any atom is -0.247 e. The molecule has 6 heteroatoms. The highest BCUT2D eigenvalue weighted by Crippen LogP contribution is 2.15. The second-order valence-electron chi connectivity index (χ2n) is 4.86. The normalized spacial score (nSPS) is 11.0. The molecule has 1 aromatic carbocycles. The summed E-state index contributed by atoms with van der Waals surface area (Å²) in [7, 11) is 0. The van der Waals surface area contributed by atoms with E-state index in [0.717, 1.165) is 22.8 Å². The van der Waals surface area contributed by atoms with Gasteiger partial charge in [0.05, 0.1) is 12.1 Å². The fraction of sp³-hybridized carbons (Fsp3) is 0.267.